The maximum atomic E-state index is 12.6. The van der Waals surface area contributed by atoms with Gasteiger partial charge in [0.25, 0.3) is 17.4 Å². The van der Waals surface area contributed by atoms with E-state index in [9.17, 15) is 24.5 Å². The molecule has 0 atom stereocenters. The van der Waals surface area contributed by atoms with Gasteiger partial charge in [0.05, 0.1) is 15.9 Å². The second-order valence-corrected chi connectivity index (χ2v) is 6.47. The van der Waals surface area contributed by atoms with Crippen molar-refractivity contribution in [2.24, 2.45) is 5.73 Å². The first-order valence-corrected chi connectivity index (χ1v) is 8.75. The van der Waals surface area contributed by atoms with Gasteiger partial charge in [0.1, 0.15) is 11.3 Å². The molecule has 0 aliphatic rings. The number of fused-ring (bicyclic) bond motifs is 1. The summed E-state index contributed by atoms with van der Waals surface area (Å²) in [5.41, 5.74) is 5.81. The van der Waals surface area contributed by atoms with Crippen LogP contribution in [0.15, 0.2) is 42.5 Å². The van der Waals surface area contributed by atoms with E-state index in [2.05, 4.69) is 0 Å². The number of rotatable bonds is 8. The van der Waals surface area contributed by atoms with Gasteiger partial charge in [-0.3, -0.25) is 19.7 Å². The zero-order chi connectivity index (χ0) is 22.0. The Morgan fingerprint density at radius 3 is 2.40 bits per heavy atom. The van der Waals surface area contributed by atoms with Crippen LogP contribution in [0.5, 0.6) is 5.75 Å². The van der Waals surface area contributed by atoms with Gasteiger partial charge in [0.15, 0.2) is 6.61 Å². The molecule has 1 amide bonds. The number of amides is 1. The summed E-state index contributed by atoms with van der Waals surface area (Å²) >= 11 is 0. The van der Waals surface area contributed by atoms with Crippen LogP contribution in [0.25, 0.3) is 10.9 Å². The SMILES string of the molecule is Cc1c(C(=O)C(N)=O)c2c(OCC(=O)O)ccc([N+](=O)[O-])c2n1Cc1ccccc1. The number of ketones is 1. The zero-order valence-corrected chi connectivity index (χ0v) is 15.8. The summed E-state index contributed by atoms with van der Waals surface area (Å²) < 4.78 is 6.79. The molecule has 0 aliphatic heterocycles. The van der Waals surface area contributed by atoms with Crippen molar-refractivity contribution in [2.45, 2.75) is 13.5 Å². The van der Waals surface area contributed by atoms with Crippen LogP contribution in [0.4, 0.5) is 5.69 Å². The number of benzene rings is 2. The highest BCUT2D eigenvalue weighted by Crippen LogP contribution is 2.39. The van der Waals surface area contributed by atoms with E-state index in [1.165, 1.54) is 23.6 Å². The molecule has 0 unspecified atom stereocenters. The number of Topliss-reactive ketones (excluding diaryl/α,β-unsaturated/α-hetero) is 1. The van der Waals surface area contributed by atoms with Crippen molar-refractivity contribution in [3.8, 4) is 5.75 Å². The first-order valence-electron chi connectivity index (χ1n) is 8.75. The third kappa shape index (κ3) is 3.70. The number of carboxylic acid groups (broad SMARTS) is 1. The molecule has 10 heteroatoms. The number of carbonyl (C=O) groups is 3. The van der Waals surface area contributed by atoms with E-state index in [0.29, 0.717) is 0 Å². The molecule has 0 radical (unpaired) electrons. The minimum absolute atomic E-state index is 0.0253. The Balaban J connectivity index is 2.38. The van der Waals surface area contributed by atoms with Crippen molar-refractivity contribution in [1.82, 2.24) is 4.57 Å². The highest BCUT2D eigenvalue weighted by Gasteiger charge is 2.31. The maximum absolute atomic E-state index is 12.6. The lowest BCUT2D eigenvalue weighted by molar-refractivity contribution is -0.383. The van der Waals surface area contributed by atoms with E-state index in [1.54, 1.807) is 24.3 Å². The summed E-state index contributed by atoms with van der Waals surface area (Å²) in [5, 5.41) is 20.6. The molecule has 3 aromatic rings. The van der Waals surface area contributed by atoms with E-state index < -0.39 is 29.2 Å². The molecule has 1 aromatic heterocycles. The lowest BCUT2D eigenvalue weighted by Gasteiger charge is -2.10. The molecule has 0 saturated carbocycles. The Labute approximate surface area is 169 Å². The molecule has 0 bridgehead atoms. The number of primary amides is 1. The number of ether oxygens (including phenoxy) is 1. The summed E-state index contributed by atoms with van der Waals surface area (Å²) in [5.74, 6) is -3.64. The van der Waals surface area contributed by atoms with Crippen molar-refractivity contribution in [2.75, 3.05) is 6.61 Å². The number of non-ortho nitro benzene ring substituents is 1. The first kappa shape index (κ1) is 20.5. The third-order valence-corrected chi connectivity index (χ3v) is 4.59. The predicted octanol–water partition coefficient (Wildman–Crippen LogP) is 2.04. The van der Waals surface area contributed by atoms with Gasteiger partial charge in [-0.15, -0.1) is 0 Å². The third-order valence-electron chi connectivity index (χ3n) is 4.59. The molecule has 0 saturated heterocycles. The number of aromatic nitrogens is 1. The van der Waals surface area contributed by atoms with Crippen LogP contribution >= 0.6 is 0 Å². The Morgan fingerprint density at radius 2 is 1.83 bits per heavy atom. The van der Waals surface area contributed by atoms with E-state index in [4.69, 9.17) is 15.6 Å². The van der Waals surface area contributed by atoms with Crippen LogP contribution in [-0.2, 0) is 16.1 Å². The molecule has 3 N–H and O–H groups in total. The molecule has 30 heavy (non-hydrogen) atoms. The topological polar surface area (TPSA) is 155 Å². The van der Waals surface area contributed by atoms with Crippen LogP contribution < -0.4 is 10.5 Å². The van der Waals surface area contributed by atoms with Gasteiger partial charge in [-0.1, -0.05) is 30.3 Å². The van der Waals surface area contributed by atoms with E-state index in [1.807, 2.05) is 6.07 Å². The van der Waals surface area contributed by atoms with E-state index in [0.717, 1.165) is 5.56 Å². The molecule has 0 spiro atoms. The molecule has 1 heterocycles. The highest BCUT2D eigenvalue weighted by molar-refractivity contribution is 6.45. The van der Waals surface area contributed by atoms with Crippen LogP contribution in [0, 0.1) is 17.0 Å². The summed E-state index contributed by atoms with van der Waals surface area (Å²) in [6.07, 6.45) is 0. The molecule has 0 fully saturated rings. The monoisotopic (exact) mass is 411 g/mol. The van der Waals surface area contributed by atoms with Crippen LogP contribution in [0.2, 0.25) is 0 Å². The molecule has 10 nitrogen and oxygen atoms in total. The number of hydrogen-bond acceptors (Lipinski definition) is 6. The van der Waals surface area contributed by atoms with Gasteiger partial charge in [0.2, 0.25) is 0 Å². The van der Waals surface area contributed by atoms with Crippen LogP contribution in [0.3, 0.4) is 0 Å². The second-order valence-electron chi connectivity index (χ2n) is 6.47. The number of carboxylic acids is 1. The smallest absolute Gasteiger partial charge is 0.341 e. The number of aliphatic carboxylic acids is 1. The van der Waals surface area contributed by atoms with Gasteiger partial charge in [0, 0.05) is 18.3 Å². The number of nitrogens with two attached hydrogens (primary N) is 1. The fourth-order valence-electron chi connectivity index (χ4n) is 3.33. The molecule has 154 valence electrons. The minimum Gasteiger partial charge on any atom is -0.481 e. The standard InChI is InChI=1S/C20H17N3O7/c1-11-16(19(26)20(21)27)17-14(30-10-15(24)25)8-7-13(23(28)29)18(17)22(11)9-12-5-3-2-4-6-12/h2-8H,9-10H2,1H3,(H2,21,27)(H,24,25). The Kier molecular flexibility index (Phi) is 5.50. The highest BCUT2D eigenvalue weighted by atomic mass is 16.6. The van der Waals surface area contributed by atoms with Gasteiger partial charge in [-0.05, 0) is 18.6 Å². The van der Waals surface area contributed by atoms with Crippen LogP contribution in [0.1, 0.15) is 21.6 Å². The number of carbonyl (C=O) groups excluding carboxylic acids is 2. The Bertz CT molecular complexity index is 1180. The molecular formula is C20H17N3O7. The average Bonchev–Trinajstić information content (AvgIpc) is 2.98. The van der Waals surface area contributed by atoms with Crippen molar-refractivity contribution in [3.63, 3.8) is 0 Å². The number of hydrogen-bond donors (Lipinski definition) is 2. The van der Waals surface area contributed by atoms with Crippen LogP contribution in [-0.4, -0.2) is 38.9 Å². The minimum atomic E-state index is -1.27. The number of nitro groups is 1. The summed E-state index contributed by atoms with van der Waals surface area (Å²) in [6.45, 7) is 0.961. The number of nitro benzene ring substituents is 1. The lowest BCUT2D eigenvalue weighted by Crippen LogP contribution is -2.24. The molecule has 0 aliphatic carbocycles. The van der Waals surface area contributed by atoms with Crippen molar-refractivity contribution >= 4 is 34.3 Å². The van der Waals surface area contributed by atoms with Gasteiger partial charge in [-0.25, -0.2) is 4.79 Å². The van der Waals surface area contributed by atoms with Gasteiger partial charge in [-0.2, -0.15) is 0 Å². The summed E-state index contributed by atoms with van der Waals surface area (Å²) in [6, 6.07) is 11.4. The van der Waals surface area contributed by atoms with Gasteiger partial charge >= 0.3 is 5.97 Å². The summed E-state index contributed by atoms with van der Waals surface area (Å²) in [7, 11) is 0. The fourth-order valence-corrected chi connectivity index (χ4v) is 3.33. The normalized spacial score (nSPS) is 10.7. The quantitative estimate of drug-likeness (QED) is 0.249. The average molecular weight is 411 g/mol. The maximum Gasteiger partial charge on any atom is 0.341 e. The second kappa shape index (κ2) is 8.03. The Morgan fingerprint density at radius 1 is 1.17 bits per heavy atom. The number of nitrogens with zero attached hydrogens (tertiary/aromatic N) is 2. The van der Waals surface area contributed by atoms with Crippen molar-refractivity contribution < 1.29 is 29.2 Å². The van der Waals surface area contributed by atoms with E-state index >= 15 is 0 Å². The molecular weight excluding hydrogens is 394 g/mol. The summed E-state index contributed by atoms with van der Waals surface area (Å²) in [4.78, 5) is 46.3. The molecule has 2 aromatic carbocycles. The molecule has 3 rings (SSSR count). The lowest BCUT2D eigenvalue weighted by atomic mass is 10.0. The Hall–Kier alpha value is -4.21. The van der Waals surface area contributed by atoms with E-state index in [-0.39, 0.29) is 40.1 Å². The zero-order valence-electron chi connectivity index (χ0n) is 15.8. The first-order chi connectivity index (χ1) is 14.2. The largest absolute Gasteiger partial charge is 0.481 e. The van der Waals surface area contributed by atoms with Gasteiger partial charge < -0.3 is 20.1 Å². The van der Waals surface area contributed by atoms with Crippen molar-refractivity contribution in [1.29, 1.82) is 0 Å². The predicted molar refractivity (Wildman–Crippen MR) is 106 cm³/mol. The van der Waals surface area contributed by atoms with Crippen molar-refractivity contribution in [3.05, 3.63) is 69.4 Å². The fraction of sp³-hybridized carbons (Fsp3) is 0.150.